The molecule has 1 aliphatic heterocycles. The summed E-state index contributed by atoms with van der Waals surface area (Å²) in [5.41, 5.74) is 10.1. The highest BCUT2D eigenvalue weighted by molar-refractivity contribution is 5.77. The monoisotopic (exact) mass is 175 g/mol. The van der Waals surface area contributed by atoms with Crippen molar-refractivity contribution in [3.05, 3.63) is 22.3 Å². The van der Waals surface area contributed by atoms with Crippen LogP contribution in [0.1, 0.15) is 22.3 Å². The summed E-state index contributed by atoms with van der Waals surface area (Å²) >= 11 is 0. The lowest BCUT2D eigenvalue weighted by Gasteiger charge is -2.09. The molecule has 0 atom stereocenters. The normalized spacial score (nSPS) is 12.9. The van der Waals surface area contributed by atoms with Crippen LogP contribution in [0.2, 0.25) is 0 Å². The Bertz CT molecular complexity index is 405. The lowest BCUT2D eigenvalue weighted by atomic mass is 9.96. The van der Waals surface area contributed by atoms with Crippen LogP contribution in [0, 0.1) is 27.7 Å². The molecule has 1 aromatic rings. The first-order chi connectivity index (χ1) is 6.13. The molecule has 0 aromatic heterocycles. The fourth-order valence-electron chi connectivity index (χ4n) is 1.68. The van der Waals surface area contributed by atoms with Gasteiger partial charge in [-0.05, 0) is 49.9 Å². The third kappa shape index (κ3) is 0.963. The Kier molecular flexibility index (Phi) is 1.62. The molecule has 0 bridgehead atoms. The van der Waals surface area contributed by atoms with Crippen LogP contribution in [-0.4, -0.2) is 0 Å². The summed E-state index contributed by atoms with van der Waals surface area (Å²) in [4.78, 5) is 0. The van der Waals surface area contributed by atoms with Crippen molar-refractivity contribution >= 4 is 11.4 Å². The smallest absolute Gasteiger partial charge is 0.0684 e. The minimum atomic E-state index is 1.00. The van der Waals surface area contributed by atoms with Gasteiger partial charge in [0.2, 0.25) is 0 Å². The van der Waals surface area contributed by atoms with Gasteiger partial charge >= 0.3 is 5.22 Å². The number of hydrogen-bond donors (Lipinski definition) is 1. The molecule has 0 saturated heterocycles. The van der Waals surface area contributed by atoms with Crippen LogP contribution in [0.15, 0.2) is 5.11 Å². The third-order valence-corrected chi connectivity index (χ3v) is 2.97. The predicted octanol–water partition coefficient (Wildman–Crippen LogP) is 2.68. The highest BCUT2D eigenvalue weighted by Crippen LogP contribution is 2.38. The van der Waals surface area contributed by atoms with E-state index in [2.05, 4.69) is 43.5 Å². The minimum absolute atomic E-state index is 1.00. The van der Waals surface area contributed by atoms with Crippen molar-refractivity contribution in [3.63, 3.8) is 0 Å². The zero-order valence-electron chi connectivity index (χ0n) is 8.39. The van der Waals surface area contributed by atoms with E-state index < -0.39 is 0 Å². The van der Waals surface area contributed by atoms with Gasteiger partial charge in [-0.1, -0.05) is 5.43 Å². The average Bonchev–Trinajstić information content (AvgIpc) is 2.59. The van der Waals surface area contributed by atoms with Gasteiger partial charge in [-0.3, -0.25) is 0 Å². The highest BCUT2D eigenvalue weighted by atomic mass is 15.5. The Morgan fingerprint density at radius 1 is 0.923 bits per heavy atom. The molecule has 0 saturated carbocycles. The van der Waals surface area contributed by atoms with E-state index in [4.69, 9.17) is 0 Å². The van der Waals surface area contributed by atoms with Gasteiger partial charge in [0.1, 0.15) is 10.8 Å². The maximum atomic E-state index is 4.08. The molecule has 67 valence electrons. The number of hydrogen-bond acceptors (Lipinski definition) is 3. The Morgan fingerprint density at radius 2 is 1.54 bits per heavy atom. The molecular formula is C10H13N3+. The van der Waals surface area contributed by atoms with Gasteiger partial charge in [-0.25, -0.2) is 0 Å². The second-order valence-electron chi connectivity index (χ2n) is 3.54. The van der Waals surface area contributed by atoms with Crippen LogP contribution in [0.5, 0.6) is 0 Å². The number of anilines is 1. The molecule has 1 heterocycles. The zero-order chi connectivity index (χ0) is 9.59. The van der Waals surface area contributed by atoms with Gasteiger partial charge in [0.05, 0.1) is 0 Å². The molecule has 1 aromatic carbocycles. The summed E-state index contributed by atoms with van der Waals surface area (Å²) in [6.07, 6.45) is 0. The first-order valence-corrected chi connectivity index (χ1v) is 4.40. The Balaban J connectivity index is 2.82. The summed E-state index contributed by atoms with van der Waals surface area (Å²) < 4.78 is 0. The molecule has 3 heteroatoms. The quantitative estimate of drug-likeness (QED) is 0.646. The SMILES string of the molecule is Cc1c(C)c(C)c2c(c1C)N=[N+]N2. The van der Waals surface area contributed by atoms with Crippen LogP contribution in [0.25, 0.3) is 0 Å². The molecule has 0 spiro atoms. The van der Waals surface area contributed by atoms with E-state index in [9.17, 15) is 0 Å². The van der Waals surface area contributed by atoms with Crippen molar-refractivity contribution in [1.29, 1.82) is 0 Å². The number of nitrogens with one attached hydrogen (secondary N) is 1. The second-order valence-corrected chi connectivity index (χ2v) is 3.54. The molecular weight excluding hydrogens is 162 g/mol. The average molecular weight is 175 g/mol. The first kappa shape index (κ1) is 8.23. The maximum Gasteiger partial charge on any atom is 0.331 e. The van der Waals surface area contributed by atoms with Crippen molar-refractivity contribution in [3.8, 4) is 0 Å². The summed E-state index contributed by atoms with van der Waals surface area (Å²) in [7, 11) is 0. The van der Waals surface area contributed by atoms with E-state index in [-0.39, 0.29) is 0 Å². The van der Waals surface area contributed by atoms with Crippen LogP contribution in [0.3, 0.4) is 0 Å². The van der Waals surface area contributed by atoms with E-state index in [0.29, 0.717) is 0 Å². The lowest BCUT2D eigenvalue weighted by molar-refractivity contribution is 1.06. The summed E-state index contributed by atoms with van der Waals surface area (Å²) in [5.74, 6) is 0. The standard InChI is InChI=1S/C10H13N3/c1-5-6(2)8(4)10-9(7(5)3)11-13-12-10/h1-4H3,(H,11,12)/q+1. The Labute approximate surface area is 77.9 Å². The zero-order valence-corrected chi connectivity index (χ0v) is 8.39. The van der Waals surface area contributed by atoms with E-state index in [0.717, 1.165) is 11.4 Å². The number of nitrogens with zero attached hydrogens (tertiary/aromatic N) is 2. The second kappa shape index (κ2) is 2.55. The van der Waals surface area contributed by atoms with Gasteiger partial charge in [0.15, 0.2) is 5.69 Å². The van der Waals surface area contributed by atoms with E-state index >= 15 is 0 Å². The molecule has 2 rings (SSSR count). The van der Waals surface area contributed by atoms with Crippen LogP contribution < -0.4 is 10.6 Å². The number of rotatable bonds is 0. The molecule has 0 fully saturated rings. The molecule has 3 nitrogen and oxygen atoms in total. The van der Waals surface area contributed by atoms with Gasteiger partial charge in [0.25, 0.3) is 0 Å². The molecule has 0 unspecified atom stereocenters. The minimum Gasteiger partial charge on any atom is -0.0684 e. The summed E-state index contributed by atoms with van der Waals surface area (Å²) in [5, 5.41) is 7.91. The van der Waals surface area contributed by atoms with Crippen LogP contribution in [-0.2, 0) is 0 Å². The largest absolute Gasteiger partial charge is 0.331 e. The highest BCUT2D eigenvalue weighted by Gasteiger charge is 2.24. The Hall–Kier alpha value is -1.38. The van der Waals surface area contributed by atoms with Gasteiger partial charge in [-0.2, -0.15) is 0 Å². The molecule has 1 aliphatic rings. The van der Waals surface area contributed by atoms with Crippen LogP contribution in [0.4, 0.5) is 11.4 Å². The topological polar surface area (TPSA) is 38.5 Å². The maximum absolute atomic E-state index is 4.08. The van der Waals surface area contributed by atoms with E-state index in [1.807, 2.05) is 0 Å². The van der Waals surface area contributed by atoms with Crippen molar-refractivity contribution in [1.82, 2.24) is 5.22 Å². The molecule has 1 radical (unpaired) electrons. The summed E-state index contributed by atoms with van der Waals surface area (Å²) in [6, 6.07) is 0. The van der Waals surface area contributed by atoms with Crippen molar-refractivity contribution in [2.24, 2.45) is 5.11 Å². The molecule has 13 heavy (non-hydrogen) atoms. The first-order valence-electron chi connectivity index (χ1n) is 4.40. The van der Waals surface area contributed by atoms with Gasteiger partial charge < -0.3 is 0 Å². The van der Waals surface area contributed by atoms with Crippen molar-refractivity contribution < 1.29 is 0 Å². The third-order valence-electron chi connectivity index (χ3n) is 2.97. The fourth-order valence-corrected chi connectivity index (χ4v) is 1.68. The van der Waals surface area contributed by atoms with Crippen molar-refractivity contribution in [2.75, 3.05) is 5.43 Å². The van der Waals surface area contributed by atoms with E-state index in [1.165, 1.54) is 22.3 Å². The molecule has 1 N–H and O–H groups in total. The molecule has 0 aliphatic carbocycles. The van der Waals surface area contributed by atoms with E-state index in [1.54, 1.807) is 0 Å². The lowest BCUT2D eigenvalue weighted by Crippen LogP contribution is -1.98. The Morgan fingerprint density at radius 3 is 2.23 bits per heavy atom. The number of benzene rings is 1. The fraction of sp³-hybridized carbons (Fsp3) is 0.400. The predicted molar refractivity (Wildman–Crippen MR) is 53.2 cm³/mol. The number of fused-ring (bicyclic) bond motifs is 1. The van der Waals surface area contributed by atoms with Crippen molar-refractivity contribution in [2.45, 2.75) is 27.7 Å². The van der Waals surface area contributed by atoms with Crippen LogP contribution >= 0.6 is 0 Å². The summed E-state index contributed by atoms with van der Waals surface area (Å²) in [6.45, 7) is 8.46. The van der Waals surface area contributed by atoms with Gasteiger partial charge in [-0.15, -0.1) is 0 Å². The van der Waals surface area contributed by atoms with Gasteiger partial charge in [0, 0.05) is 0 Å². The molecule has 0 amide bonds.